The molecule has 1 saturated heterocycles. The molecule has 0 spiro atoms. The molecule has 1 aliphatic rings. The van der Waals surface area contributed by atoms with E-state index < -0.39 is 0 Å². The van der Waals surface area contributed by atoms with Gasteiger partial charge in [-0.3, -0.25) is 0 Å². The van der Waals surface area contributed by atoms with Crippen LogP contribution in [0.4, 0.5) is 4.79 Å². The molecule has 1 atom stereocenters. The lowest BCUT2D eigenvalue weighted by Crippen LogP contribution is -2.47. The average molecular weight is 320 g/mol. The minimum Gasteiger partial charge on any atom is -0.494 e. The van der Waals surface area contributed by atoms with E-state index in [1.54, 1.807) is 7.11 Å². The summed E-state index contributed by atoms with van der Waals surface area (Å²) >= 11 is 0. The number of benzene rings is 1. The molecular formula is C18H28N2O3. The molecule has 2 amide bonds. The number of nitrogens with zero attached hydrogens (tertiary/aromatic N) is 1. The van der Waals surface area contributed by atoms with Gasteiger partial charge in [0.05, 0.1) is 12.7 Å². The lowest BCUT2D eigenvalue weighted by atomic mass is 10.1. The summed E-state index contributed by atoms with van der Waals surface area (Å²) in [6.07, 6.45) is 4.04. The Bertz CT molecular complexity index is 476. The third kappa shape index (κ3) is 5.75. The molecule has 23 heavy (non-hydrogen) atoms. The van der Waals surface area contributed by atoms with Gasteiger partial charge in [0.1, 0.15) is 5.75 Å². The van der Waals surface area contributed by atoms with Gasteiger partial charge in [-0.05, 0) is 43.4 Å². The van der Waals surface area contributed by atoms with Gasteiger partial charge in [-0.2, -0.15) is 0 Å². The van der Waals surface area contributed by atoms with Crippen LogP contribution in [0.15, 0.2) is 24.3 Å². The second-order valence-electron chi connectivity index (χ2n) is 5.92. The number of ether oxygens (including phenoxy) is 2. The van der Waals surface area contributed by atoms with E-state index in [2.05, 4.69) is 24.4 Å². The van der Waals surface area contributed by atoms with E-state index in [-0.39, 0.29) is 12.1 Å². The van der Waals surface area contributed by atoms with Gasteiger partial charge in [-0.15, -0.1) is 0 Å². The Labute approximate surface area is 139 Å². The number of carbonyl (C=O) groups excluding carboxylic acids is 1. The maximum Gasteiger partial charge on any atom is 0.317 e. The van der Waals surface area contributed by atoms with Crippen LogP contribution in [0.25, 0.3) is 0 Å². The quantitative estimate of drug-likeness (QED) is 0.840. The van der Waals surface area contributed by atoms with Gasteiger partial charge in [0, 0.05) is 26.7 Å². The van der Waals surface area contributed by atoms with Crippen molar-refractivity contribution >= 4 is 6.03 Å². The van der Waals surface area contributed by atoms with Crippen molar-refractivity contribution in [3.05, 3.63) is 29.8 Å². The van der Waals surface area contributed by atoms with E-state index in [1.165, 1.54) is 5.56 Å². The van der Waals surface area contributed by atoms with Gasteiger partial charge >= 0.3 is 6.03 Å². The van der Waals surface area contributed by atoms with E-state index >= 15 is 0 Å². The SMILES string of the molecule is CCCOc1ccc(CCNC(=O)N2CCC[C@@H](OC)C2)cc1. The number of hydrogen-bond acceptors (Lipinski definition) is 3. The van der Waals surface area contributed by atoms with Crippen molar-refractivity contribution in [2.24, 2.45) is 0 Å². The second-order valence-corrected chi connectivity index (χ2v) is 5.92. The van der Waals surface area contributed by atoms with Crippen LogP contribution in [0.5, 0.6) is 5.75 Å². The van der Waals surface area contributed by atoms with Crippen LogP contribution in [0, 0.1) is 0 Å². The van der Waals surface area contributed by atoms with Gasteiger partial charge in [0.2, 0.25) is 0 Å². The first-order valence-corrected chi connectivity index (χ1v) is 8.50. The van der Waals surface area contributed by atoms with Crippen LogP contribution in [0.1, 0.15) is 31.7 Å². The summed E-state index contributed by atoms with van der Waals surface area (Å²) in [6.45, 7) is 4.98. The van der Waals surface area contributed by atoms with Crippen LogP contribution in [0.3, 0.4) is 0 Å². The fourth-order valence-electron chi connectivity index (χ4n) is 2.71. The number of amides is 2. The molecule has 0 saturated carbocycles. The molecule has 5 nitrogen and oxygen atoms in total. The molecule has 2 rings (SSSR count). The Morgan fingerprint density at radius 3 is 2.83 bits per heavy atom. The first-order chi connectivity index (χ1) is 11.2. The summed E-state index contributed by atoms with van der Waals surface area (Å²) in [5, 5.41) is 2.99. The average Bonchev–Trinajstić information content (AvgIpc) is 2.61. The van der Waals surface area contributed by atoms with Crippen molar-refractivity contribution in [2.45, 2.75) is 38.7 Å². The van der Waals surface area contributed by atoms with Crippen molar-refractivity contribution in [1.82, 2.24) is 10.2 Å². The zero-order valence-electron chi connectivity index (χ0n) is 14.2. The van der Waals surface area contributed by atoms with Crippen molar-refractivity contribution in [1.29, 1.82) is 0 Å². The lowest BCUT2D eigenvalue weighted by molar-refractivity contribution is 0.0435. The van der Waals surface area contributed by atoms with Gasteiger partial charge in [0.25, 0.3) is 0 Å². The van der Waals surface area contributed by atoms with Crippen molar-refractivity contribution < 1.29 is 14.3 Å². The maximum atomic E-state index is 12.2. The Balaban J connectivity index is 1.70. The Kier molecular flexibility index (Phi) is 7.20. The maximum absolute atomic E-state index is 12.2. The zero-order chi connectivity index (χ0) is 16.5. The molecule has 0 bridgehead atoms. The van der Waals surface area contributed by atoms with Crippen LogP contribution in [-0.4, -0.2) is 50.4 Å². The van der Waals surface area contributed by atoms with Crippen molar-refractivity contribution in [3.8, 4) is 5.75 Å². The molecule has 0 radical (unpaired) electrons. The summed E-state index contributed by atoms with van der Waals surface area (Å²) in [6, 6.07) is 8.09. The second kappa shape index (κ2) is 9.40. The number of methoxy groups -OCH3 is 1. The number of urea groups is 1. The van der Waals surface area contributed by atoms with E-state index in [0.29, 0.717) is 13.1 Å². The largest absolute Gasteiger partial charge is 0.494 e. The number of hydrogen-bond donors (Lipinski definition) is 1. The molecule has 1 aromatic rings. The minimum absolute atomic E-state index is 0.00893. The molecular weight excluding hydrogens is 292 g/mol. The molecule has 128 valence electrons. The van der Waals surface area contributed by atoms with Gasteiger partial charge in [0.15, 0.2) is 0 Å². The van der Waals surface area contributed by atoms with Crippen LogP contribution in [-0.2, 0) is 11.2 Å². The summed E-state index contributed by atoms with van der Waals surface area (Å²) in [4.78, 5) is 14.0. The van der Waals surface area contributed by atoms with Crippen molar-refractivity contribution in [3.63, 3.8) is 0 Å². The molecule has 0 aliphatic carbocycles. The van der Waals surface area contributed by atoms with Crippen LogP contribution in [0.2, 0.25) is 0 Å². The topological polar surface area (TPSA) is 50.8 Å². The van der Waals surface area contributed by atoms with Gasteiger partial charge < -0.3 is 19.7 Å². The molecule has 1 aliphatic heterocycles. The minimum atomic E-state index is 0.00893. The predicted molar refractivity (Wildman–Crippen MR) is 90.9 cm³/mol. The highest BCUT2D eigenvalue weighted by molar-refractivity contribution is 5.74. The lowest BCUT2D eigenvalue weighted by Gasteiger charge is -2.31. The third-order valence-electron chi connectivity index (χ3n) is 4.08. The Morgan fingerprint density at radius 1 is 1.35 bits per heavy atom. The van der Waals surface area contributed by atoms with Gasteiger partial charge in [-0.25, -0.2) is 4.79 Å². The highest BCUT2D eigenvalue weighted by atomic mass is 16.5. The molecule has 1 aromatic carbocycles. The van der Waals surface area contributed by atoms with Gasteiger partial charge in [-0.1, -0.05) is 19.1 Å². The number of rotatable bonds is 7. The molecule has 1 heterocycles. The Hall–Kier alpha value is -1.75. The highest BCUT2D eigenvalue weighted by Crippen LogP contribution is 2.14. The van der Waals surface area contributed by atoms with E-state index in [9.17, 15) is 4.79 Å². The van der Waals surface area contributed by atoms with E-state index in [1.807, 2.05) is 17.0 Å². The van der Waals surface area contributed by atoms with Crippen molar-refractivity contribution in [2.75, 3.05) is 33.4 Å². The molecule has 0 unspecified atom stereocenters. The summed E-state index contributed by atoms with van der Waals surface area (Å²) in [7, 11) is 1.71. The summed E-state index contributed by atoms with van der Waals surface area (Å²) < 4.78 is 10.9. The normalized spacial score (nSPS) is 17.8. The van der Waals surface area contributed by atoms with Crippen LogP contribution >= 0.6 is 0 Å². The first kappa shape index (κ1) is 17.6. The number of likely N-dealkylation sites (tertiary alicyclic amines) is 1. The third-order valence-corrected chi connectivity index (χ3v) is 4.08. The standard InChI is InChI=1S/C18H28N2O3/c1-3-13-23-16-8-6-15(7-9-16)10-11-19-18(21)20-12-4-5-17(14-20)22-2/h6-9,17H,3-5,10-14H2,1-2H3,(H,19,21)/t17-/m1/s1. The molecule has 1 N–H and O–H groups in total. The smallest absolute Gasteiger partial charge is 0.317 e. The zero-order valence-corrected chi connectivity index (χ0v) is 14.2. The fraction of sp³-hybridized carbons (Fsp3) is 0.611. The first-order valence-electron chi connectivity index (χ1n) is 8.50. The molecule has 0 aromatic heterocycles. The highest BCUT2D eigenvalue weighted by Gasteiger charge is 2.22. The summed E-state index contributed by atoms with van der Waals surface area (Å²) in [5.74, 6) is 0.901. The number of piperidine rings is 1. The Morgan fingerprint density at radius 2 is 2.13 bits per heavy atom. The number of nitrogens with one attached hydrogen (secondary N) is 1. The van der Waals surface area contributed by atoms with E-state index in [0.717, 1.165) is 44.6 Å². The summed E-state index contributed by atoms with van der Waals surface area (Å²) in [5.41, 5.74) is 1.20. The molecule has 1 fully saturated rings. The predicted octanol–water partition coefficient (Wildman–Crippen LogP) is 2.84. The number of carbonyl (C=O) groups is 1. The fourth-order valence-corrected chi connectivity index (χ4v) is 2.71. The monoisotopic (exact) mass is 320 g/mol. The van der Waals surface area contributed by atoms with E-state index in [4.69, 9.17) is 9.47 Å². The molecule has 5 heteroatoms. The van der Waals surface area contributed by atoms with Crippen LogP contribution < -0.4 is 10.1 Å².